The Morgan fingerprint density at radius 3 is 2.57 bits per heavy atom. The van der Waals surface area contributed by atoms with Crippen molar-refractivity contribution in [2.24, 2.45) is 0 Å². The number of oxazole rings is 1. The van der Waals surface area contributed by atoms with Gasteiger partial charge in [-0.05, 0) is 47.8 Å². The van der Waals surface area contributed by atoms with Crippen LogP contribution in [0.3, 0.4) is 0 Å². The molecule has 0 aliphatic rings. The maximum atomic E-state index is 12.3. The van der Waals surface area contributed by atoms with E-state index in [4.69, 9.17) is 8.83 Å². The van der Waals surface area contributed by atoms with Gasteiger partial charge >= 0.3 is 0 Å². The van der Waals surface area contributed by atoms with Gasteiger partial charge in [0.15, 0.2) is 5.76 Å². The number of anilines is 1. The monoisotopic (exact) mass is 393 g/mol. The van der Waals surface area contributed by atoms with Gasteiger partial charge in [0.25, 0.3) is 11.8 Å². The van der Waals surface area contributed by atoms with Gasteiger partial charge in [0.2, 0.25) is 5.89 Å². The summed E-state index contributed by atoms with van der Waals surface area (Å²) in [4.78, 5) is 29.5. The Labute approximate surface area is 164 Å². The molecule has 0 aliphatic carbocycles. The molecule has 28 heavy (non-hydrogen) atoms. The van der Waals surface area contributed by atoms with Gasteiger partial charge in [-0.25, -0.2) is 4.98 Å². The van der Waals surface area contributed by atoms with Gasteiger partial charge in [-0.1, -0.05) is 6.07 Å². The maximum absolute atomic E-state index is 12.3. The number of thiophene rings is 1. The number of furan rings is 1. The second-order valence-electron chi connectivity index (χ2n) is 5.81. The van der Waals surface area contributed by atoms with Crippen molar-refractivity contribution < 1.29 is 18.4 Å². The van der Waals surface area contributed by atoms with Crippen LogP contribution in [0.4, 0.5) is 5.69 Å². The lowest BCUT2D eigenvalue weighted by atomic mass is 10.2. The van der Waals surface area contributed by atoms with Crippen molar-refractivity contribution in [3.05, 3.63) is 83.5 Å². The van der Waals surface area contributed by atoms with Gasteiger partial charge in [0.1, 0.15) is 6.26 Å². The molecular formula is C20H15N3O4S. The highest BCUT2D eigenvalue weighted by molar-refractivity contribution is 7.13. The molecule has 3 heterocycles. The molecule has 0 atom stereocenters. The average Bonchev–Trinajstić information content (AvgIpc) is 3.49. The fraction of sp³-hybridized carbons (Fsp3) is 0.0500. The number of benzene rings is 1. The first-order valence-electron chi connectivity index (χ1n) is 8.40. The predicted molar refractivity (Wildman–Crippen MR) is 104 cm³/mol. The van der Waals surface area contributed by atoms with Crippen LogP contribution in [0.2, 0.25) is 0 Å². The van der Waals surface area contributed by atoms with Crippen molar-refractivity contribution >= 4 is 28.8 Å². The fourth-order valence-corrected chi connectivity index (χ4v) is 3.14. The van der Waals surface area contributed by atoms with Gasteiger partial charge < -0.3 is 19.5 Å². The summed E-state index contributed by atoms with van der Waals surface area (Å²) < 4.78 is 10.5. The predicted octanol–water partition coefficient (Wildman–Crippen LogP) is 4.18. The van der Waals surface area contributed by atoms with E-state index in [0.717, 1.165) is 4.88 Å². The molecule has 0 radical (unpaired) electrons. The summed E-state index contributed by atoms with van der Waals surface area (Å²) in [5.74, 6) is 0.159. The zero-order valence-electron chi connectivity index (χ0n) is 14.5. The van der Waals surface area contributed by atoms with E-state index in [1.54, 1.807) is 36.4 Å². The number of carbonyl (C=O) groups is 2. The van der Waals surface area contributed by atoms with Crippen molar-refractivity contribution in [3.8, 4) is 10.8 Å². The van der Waals surface area contributed by atoms with Crippen LogP contribution in [-0.4, -0.2) is 16.8 Å². The van der Waals surface area contributed by atoms with Crippen molar-refractivity contribution in [1.29, 1.82) is 0 Å². The average molecular weight is 393 g/mol. The number of rotatable bonds is 6. The first-order chi connectivity index (χ1) is 13.7. The summed E-state index contributed by atoms with van der Waals surface area (Å²) in [6.07, 6.45) is 2.96. The van der Waals surface area contributed by atoms with Gasteiger partial charge in [-0.2, -0.15) is 0 Å². The highest BCUT2D eigenvalue weighted by Crippen LogP contribution is 2.23. The minimum absolute atomic E-state index is 0.219. The van der Waals surface area contributed by atoms with Gasteiger partial charge in [0.05, 0.1) is 23.4 Å². The zero-order valence-corrected chi connectivity index (χ0v) is 15.4. The van der Waals surface area contributed by atoms with Crippen molar-refractivity contribution in [1.82, 2.24) is 10.3 Å². The number of hydrogen-bond acceptors (Lipinski definition) is 6. The highest BCUT2D eigenvalue weighted by Gasteiger charge is 2.11. The Morgan fingerprint density at radius 1 is 1.00 bits per heavy atom. The van der Waals surface area contributed by atoms with Gasteiger partial charge in [-0.3, -0.25) is 9.59 Å². The van der Waals surface area contributed by atoms with Crippen LogP contribution < -0.4 is 10.6 Å². The first-order valence-corrected chi connectivity index (χ1v) is 9.28. The number of amides is 2. The van der Waals surface area contributed by atoms with Crippen LogP contribution in [0.5, 0.6) is 0 Å². The minimum Gasteiger partial charge on any atom is -0.459 e. The normalized spacial score (nSPS) is 10.6. The Balaban J connectivity index is 1.33. The molecule has 7 nitrogen and oxygen atoms in total. The topological polar surface area (TPSA) is 97.4 Å². The molecule has 0 bridgehead atoms. The molecule has 4 rings (SSSR count). The molecular weight excluding hydrogens is 378 g/mol. The molecule has 0 saturated heterocycles. The number of nitrogens with one attached hydrogen (secondary N) is 2. The van der Waals surface area contributed by atoms with E-state index in [1.165, 1.54) is 23.9 Å². The van der Waals surface area contributed by atoms with E-state index in [9.17, 15) is 9.59 Å². The molecule has 0 spiro atoms. The lowest BCUT2D eigenvalue weighted by Crippen LogP contribution is -2.23. The van der Waals surface area contributed by atoms with E-state index in [0.29, 0.717) is 22.8 Å². The molecule has 0 fully saturated rings. The highest BCUT2D eigenvalue weighted by atomic mass is 32.1. The third-order valence-corrected chi connectivity index (χ3v) is 4.72. The summed E-state index contributed by atoms with van der Waals surface area (Å²) >= 11 is 1.54. The van der Waals surface area contributed by atoms with Crippen LogP contribution in [0.15, 0.2) is 75.3 Å². The molecule has 2 N–H and O–H groups in total. The number of nitrogens with zero attached hydrogens (tertiary/aromatic N) is 1. The van der Waals surface area contributed by atoms with Crippen LogP contribution in [0, 0.1) is 0 Å². The molecule has 0 unspecified atom stereocenters. The van der Waals surface area contributed by atoms with Crippen molar-refractivity contribution in [2.75, 3.05) is 5.32 Å². The Kier molecular flexibility index (Phi) is 5.03. The second-order valence-corrected chi connectivity index (χ2v) is 6.76. The zero-order chi connectivity index (χ0) is 19.3. The largest absolute Gasteiger partial charge is 0.459 e. The number of hydrogen-bond donors (Lipinski definition) is 2. The fourth-order valence-electron chi connectivity index (χ4n) is 2.48. The third-order valence-electron chi connectivity index (χ3n) is 3.86. The molecule has 0 aliphatic heterocycles. The van der Waals surface area contributed by atoms with E-state index >= 15 is 0 Å². The first kappa shape index (κ1) is 17.7. The van der Waals surface area contributed by atoms with E-state index in [2.05, 4.69) is 15.6 Å². The molecule has 4 aromatic rings. The summed E-state index contributed by atoms with van der Waals surface area (Å²) in [7, 11) is 0. The molecule has 2 amide bonds. The van der Waals surface area contributed by atoms with Gasteiger partial charge in [0, 0.05) is 11.3 Å². The lowest BCUT2D eigenvalue weighted by Gasteiger charge is -2.06. The molecule has 3 aromatic heterocycles. The van der Waals surface area contributed by atoms with E-state index in [1.807, 2.05) is 17.5 Å². The summed E-state index contributed by atoms with van der Waals surface area (Å²) in [5.41, 5.74) is 1.67. The lowest BCUT2D eigenvalue weighted by molar-refractivity contribution is 0.0949. The van der Waals surface area contributed by atoms with Crippen molar-refractivity contribution in [3.63, 3.8) is 0 Å². The molecule has 1 aromatic carbocycles. The Bertz CT molecular complexity index is 1070. The van der Waals surface area contributed by atoms with Crippen LogP contribution in [0.1, 0.15) is 26.6 Å². The Hall–Kier alpha value is -3.65. The molecule has 0 saturated carbocycles. The smallest absolute Gasteiger partial charge is 0.291 e. The van der Waals surface area contributed by atoms with E-state index in [-0.39, 0.29) is 24.1 Å². The maximum Gasteiger partial charge on any atom is 0.291 e. The van der Waals surface area contributed by atoms with Gasteiger partial charge in [-0.15, -0.1) is 11.3 Å². The SMILES string of the molecule is O=C(NCc1coc(-c2cccs2)n1)c1ccc(NC(=O)c2ccco2)cc1. The molecule has 140 valence electrons. The summed E-state index contributed by atoms with van der Waals surface area (Å²) in [5, 5.41) is 7.44. The minimum atomic E-state index is -0.352. The van der Waals surface area contributed by atoms with E-state index < -0.39 is 0 Å². The Morgan fingerprint density at radius 2 is 1.86 bits per heavy atom. The summed E-state index contributed by atoms with van der Waals surface area (Å²) in [6, 6.07) is 13.6. The third kappa shape index (κ3) is 4.02. The quantitative estimate of drug-likeness (QED) is 0.512. The van der Waals surface area contributed by atoms with Crippen LogP contribution in [0.25, 0.3) is 10.8 Å². The standard InChI is InChI=1S/C20H15N3O4S/c24-18(21-11-15-12-27-20(23-15)17-4-2-10-28-17)13-5-7-14(8-6-13)22-19(25)16-3-1-9-26-16/h1-10,12H,11H2,(H,21,24)(H,22,25). The summed E-state index contributed by atoms with van der Waals surface area (Å²) in [6.45, 7) is 0.255. The van der Waals surface area contributed by atoms with Crippen molar-refractivity contribution in [2.45, 2.75) is 6.54 Å². The second kappa shape index (κ2) is 7.93. The van der Waals surface area contributed by atoms with Crippen LogP contribution >= 0.6 is 11.3 Å². The number of carbonyl (C=O) groups excluding carboxylic acids is 2. The molecule has 8 heteroatoms. The van der Waals surface area contributed by atoms with Crippen LogP contribution in [-0.2, 0) is 6.54 Å². The number of aromatic nitrogens is 1.